The van der Waals surface area contributed by atoms with Crippen molar-refractivity contribution in [3.05, 3.63) is 29.8 Å². The molecule has 1 aliphatic carbocycles. The number of nitrogens with one attached hydrogen (secondary N) is 1. The van der Waals surface area contributed by atoms with Crippen molar-refractivity contribution in [2.75, 3.05) is 13.2 Å². The van der Waals surface area contributed by atoms with E-state index in [1.807, 2.05) is 25.1 Å². The van der Waals surface area contributed by atoms with E-state index in [1.54, 1.807) is 0 Å². The molecule has 1 aromatic carbocycles. The van der Waals surface area contributed by atoms with Crippen LogP contribution in [0.25, 0.3) is 0 Å². The van der Waals surface area contributed by atoms with Crippen molar-refractivity contribution in [3.8, 4) is 5.75 Å². The Labute approximate surface area is 122 Å². The van der Waals surface area contributed by atoms with Crippen molar-refractivity contribution in [1.82, 2.24) is 5.32 Å². The van der Waals surface area contributed by atoms with Crippen molar-refractivity contribution >= 4 is 0 Å². The Balaban J connectivity index is 2.01. The fraction of sp³-hybridized carbons (Fsp3) is 0.647. The highest BCUT2D eigenvalue weighted by atomic mass is 16.5. The number of ether oxygens (including phenoxy) is 1. The molecule has 0 aromatic heterocycles. The quantitative estimate of drug-likeness (QED) is 0.783. The smallest absolute Gasteiger partial charge is 0.119 e. The van der Waals surface area contributed by atoms with Crippen LogP contribution in [-0.4, -0.2) is 24.4 Å². The van der Waals surface area contributed by atoms with Crippen LogP contribution in [0.1, 0.15) is 57.1 Å². The number of benzene rings is 1. The second-order valence-electron chi connectivity index (χ2n) is 5.60. The molecule has 0 heterocycles. The molecule has 20 heavy (non-hydrogen) atoms. The Hall–Kier alpha value is -1.06. The van der Waals surface area contributed by atoms with Gasteiger partial charge in [0.15, 0.2) is 0 Å². The average molecular weight is 277 g/mol. The zero-order valence-corrected chi connectivity index (χ0v) is 12.5. The Morgan fingerprint density at radius 3 is 2.65 bits per heavy atom. The number of hydrogen-bond donors (Lipinski definition) is 2. The summed E-state index contributed by atoms with van der Waals surface area (Å²) in [4.78, 5) is 0. The molecule has 1 aliphatic rings. The van der Waals surface area contributed by atoms with Crippen LogP contribution in [0.15, 0.2) is 24.3 Å². The molecule has 0 amide bonds. The van der Waals surface area contributed by atoms with Crippen LogP contribution in [0.2, 0.25) is 0 Å². The summed E-state index contributed by atoms with van der Waals surface area (Å²) in [5.41, 5.74) is 1.11. The van der Waals surface area contributed by atoms with Crippen molar-refractivity contribution in [1.29, 1.82) is 0 Å². The minimum absolute atomic E-state index is 0.0125. The molecule has 1 atom stereocenters. The Kier molecular flexibility index (Phi) is 6.34. The van der Waals surface area contributed by atoms with Crippen LogP contribution in [0, 0.1) is 0 Å². The molecule has 1 aromatic rings. The first kappa shape index (κ1) is 15.3. The first-order valence-electron chi connectivity index (χ1n) is 7.93. The van der Waals surface area contributed by atoms with E-state index >= 15 is 0 Å². The van der Waals surface area contributed by atoms with E-state index in [0.717, 1.165) is 11.3 Å². The maximum absolute atomic E-state index is 9.70. The van der Waals surface area contributed by atoms with Gasteiger partial charge < -0.3 is 15.2 Å². The van der Waals surface area contributed by atoms with E-state index in [9.17, 15) is 5.11 Å². The highest BCUT2D eigenvalue weighted by molar-refractivity contribution is 5.30. The zero-order chi connectivity index (χ0) is 14.2. The lowest BCUT2D eigenvalue weighted by atomic mass is 10.0. The van der Waals surface area contributed by atoms with Gasteiger partial charge in [0.25, 0.3) is 0 Å². The van der Waals surface area contributed by atoms with Crippen molar-refractivity contribution in [2.24, 2.45) is 0 Å². The third kappa shape index (κ3) is 4.50. The van der Waals surface area contributed by atoms with E-state index in [1.165, 1.54) is 38.5 Å². The van der Waals surface area contributed by atoms with Crippen molar-refractivity contribution in [3.63, 3.8) is 0 Å². The van der Waals surface area contributed by atoms with E-state index < -0.39 is 0 Å². The van der Waals surface area contributed by atoms with Crippen LogP contribution in [0.5, 0.6) is 5.75 Å². The van der Waals surface area contributed by atoms with E-state index in [0.29, 0.717) is 12.6 Å². The predicted molar refractivity (Wildman–Crippen MR) is 82.1 cm³/mol. The summed E-state index contributed by atoms with van der Waals surface area (Å²) in [7, 11) is 0. The molecule has 1 saturated carbocycles. The molecule has 1 fully saturated rings. The van der Waals surface area contributed by atoms with Gasteiger partial charge in [0, 0.05) is 6.04 Å². The van der Waals surface area contributed by atoms with E-state index in [4.69, 9.17) is 4.74 Å². The van der Waals surface area contributed by atoms with Gasteiger partial charge in [0.2, 0.25) is 0 Å². The molecule has 0 aliphatic heterocycles. The summed E-state index contributed by atoms with van der Waals surface area (Å²) < 4.78 is 5.54. The Morgan fingerprint density at radius 2 is 2.00 bits per heavy atom. The second-order valence-corrected chi connectivity index (χ2v) is 5.60. The summed E-state index contributed by atoms with van der Waals surface area (Å²) in [5.74, 6) is 0.881. The first-order valence-corrected chi connectivity index (χ1v) is 7.93. The van der Waals surface area contributed by atoms with Crippen LogP contribution in [0.3, 0.4) is 0 Å². The lowest BCUT2D eigenvalue weighted by Crippen LogP contribution is -2.34. The molecule has 112 valence electrons. The minimum atomic E-state index is 0.0125. The maximum atomic E-state index is 9.70. The fourth-order valence-corrected chi connectivity index (χ4v) is 2.97. The van der Waals surface area contributed by atoms with E-state index in [-0.39, 0.29) is 12.6 Å². The molecule has 3 nitrogen and oxygen atoms in total. The highest BCUT2D eigenvalue weighted by Crippen LogP contribution is 2.23. The number of aliphatic hydroxyl groups excluding tert-OH is 1. The molecule has 2 N–H and O–H groups in total. The summed E-state index contributed by atoms with van der Waals surface area (Å²) in [6, 6.07) is 8.61. The van der Waals surface area contributed by atoms with Crippen molar-refractivity contribution < 1.29 is 9.84 Å². The number of aliphatic hydroxyl groups is 1. The summed E-state index contributed by atoms with van der Waals surface area (Å²) in [6.07, 6.45) is 7.75. The molecule has 2 rings (SSSR count). The minimum Gasteiger partial charge on any atom is -0.494 e. The molecular weight excluding hydrogens is 250 g/mol. The number of rotatable bonds is 6. The summed E-state index contributed by atoms with van der Waals surface area (Å²) >= 11 is 0. The first-order chi connectivity index (χ1) is 9.83. The Morgan fingerprint density at radius 1 is 1.25 bits per heavy atom. The normalized spacial score (nSPS) is 18.5. The van der Waals surface area contributed by atoms with Gasteiger partial charge in [-0.1, -0.05) is 37.8 Å². The number of hydrogen-bond acceptors (Lipinski definition) is 3. The SMILES string of the molecule is CCOc1cccc(C(CO)NC2CCCCCC2)c1. The zero-order valence-electron chi connectivity index (χ0n) is 12.5. The molecular formula is C17H27NO2. The summed E-state index contributed by atoms with van der Waals surface area (Å²) in [5, 5.41) is 13.3. The second kappa shape index (κ2) is 8.28. The molecule has 0 radical (unpaired) electrons. The van der Waals surface area contributed by atoms with Crippen LogP contribution in [0.4, 0.5) is 0 Å². The van der Waals surface area contributed by atoms with Gasteiger partial charge >= 0.3 is 0 Å². The molecule has 0 saturated heterocycles. The summed E-state index contributed by atoms with van der Waals surface area (Å²) in [6.45, 7) is 2.79. The van der Waals surface area contributed by atoms with E-state index in [2.05, 4.69) is 11.4 Å². The largest absolute Gasteiger partial charge is 0.494 e. The Bertz CT molecular complexity index is 386. The van der Waals surface area contributed by atoms with Gasteiger partial charge in [-0.2, -0.15) is 0 Å². The average Bonchev–Trinajstić information content (AvgIpc) is 2.74. The lowest BCUT2D eigenvalue weighted by molar-refractivity contribution is 0.228. The van der Waals surface area contributed by atoms with Gasteiger partial charge in [0.05, 0.1) is 19.3 Å². The molecule has 1 unspecified atom stereocenters. The maximum Gasteiger partial charge on any atom is 0.119 e. The topological polar surface area (TPSA) is 41.5 Å². The van der Waals surface area contributed by atoms with Crippen molar-refractivity contribution in [2.45, 2.75) is 57.5 Å². The van der Waals surface area contributed by atoms with Gasteiger partial charge in [0.1, 0.15) is 5.75 Å². The highest BCUT2D eigenvalue weighted by Gasteiger charge is 2.18. The fourth-order valence-electron chi connectivity index (χ4n) is 2.97. The lowest BCUT2D eigenvalue weighted by Gasteiger charge is -2.24. The monoisotopic (exact) mass is 277 g/mol. The van der Waals surface area contributed by atoms with Crippen LogP contribution < -0.4 is 10.1 Å². The molecule has 3 heteroatoms. The predicted octanol–water partition coefficient (Wildman–Crippen LogP) is 3.43. The third-order valence-electron chi connectivity index (χ3n) is 4.05. The van der Waals surface area contributed by atoms with Crippen LogP contribution >= 0.6 is 0 Å². The third-order valence-corrected chi connectivity index (χ3v) is 4.05. The van der Waals surface area contributed by atoms with Gasteiger partial charge in [-0.3, -0.25) is 0 Å². The molecule has 0 spiro atoms. The van der Waals surface area contributed by atoms with Gasteiger partial charge in [-0.05, 0) is 37.5 Å². The standard InChI is InChI=1S/C17H27NO2/c1-2-20-16-11-7-8-14(12-16)17(13-19)18-15-9-5-3-4-6-10-15/h7-8,11-12,15,17-19H,2-6,9-10,13H2,1H3. The van der Waals surface area contributed by atoms with Gasteiger partial charge in [-0.25, -0.2) is 0 Å². The van der Waals surface area contributed by atoms with Gasteiger partial charge in [-0.15, -0.1) is 0 Å². The molecule has 0 bridgehead atoms. The van der Waals surface area contributed by atoms with Crippen LogP contribution in [-0.2, 0) is 0 Å².